The van der Waals surface area contributed by atoms with Crippen LogP contribution in [0.3, 0.4) is 0 Å². The summed E-state index contributed by atoms with van der Waals surface area (Å²) in [5.41, 5.74) is 1.99. The Bertz CT molecular complexity index is 502. The molecule has 1 rings (SSSR count). The van der Waals surface area contributed by atoms with Crippen molar-refractivity contribution in [3.63, 3.8) is 0 Å². The first-order chi connectivity index (χ1) is 7.71. The van der Waals surface area contributed by atoms with E-state index in [0.29, 0.717) is 11.3 Å². The maximum Gasteiger partial charge on any atom is 0.152 e. The molecule has 0 spiro atoms. The summed E-state index contributed by atoms with van der Waals surface area (Å²) in [6, 6.07) is 8.72. The molecule has 0 heterocycles. The van der Waals surface area contributed by atoms with E-state index in [2.05, 4.69) is 5.32 Å². The largest absolute Gasteiger partial charge is 0.359 e. The number of nitrogens with one attached hydrogen (secondary N) is 1. The van der Waals surface area contributed by atoms with Crippen molar-refractivity contribution >= 4 is 12.0 Å². The number of nitrogens with zero attached hydrogens (tertiary/aromatic N) is 2. The first-order valence-corrected chi connectivity index (χ1v) is 4.54. The van der Waals surface area contributed by atoms with Gasteiger partial charge in [-0.25, -0.2) is 0 Å². The minimum atomic E-state index is -0.0441. The number of hydrogen-bond acceptors (Lipinski definition) is 4. The lowest BCUT2D eigenvalue weighted by molar-refractivity contribution is 0.112. The molecular formula is C12H9N3O. The van der Waals surface area contributed by atoms with Crippen LogP contribution < -0.4 is 5.32 Å². The molecule has 0 unspecified atom stereocenters. The molecule has 0 aliphatic heterocycles. The number of aldehydes is 1. The fourth-order valence-electron chi connectivity index (χ4n) is 1.15. The molecule has 0 bridgehead atoms. The van der Waals surface area contributed by atoms with Gasteiger partial charge in [0.25, 0.3) is 0 Å². The van der Waals surface area contributed by atoms with Crippen LogP contribution in [0.2, 0.25) is 0 Å². The van der Waals surface area contributed by atoms with E-state index in [0.717, 1.165) is 11.8 Å². The lowest BCUT2D eigenvalue weighted by Crippen LogP contribution is -1.95. The summed E-state index contributed by atoms with van der Waals surface area (Å²) in [4.78, 5) is 10.8. The van der Waals surface area contributed by atoms with Crippen LogP contribution in [0.5, 0.6) is 0 Å². The fourth-order valence-corrected chi connectivity index (χ4v) is 1.15. The fraction of sp³-hybridized carbons (Fsp3) is 0.0833. The SMILES string of the molecule is Cc1ccc(NC=C(C#N)C#N)c(C=O)c1. The number of anilines is 1. The van der Waals surface area contributed by atoms with Crippen LogP contribution in [0.4, 0.5) is 5.69 Å². The molecule has 78 valence electrons. The van der Waals surface area contributed by atoms with Crippen LogP contribution in [0.25, 0.3) is 0 Å². The zero-order valence-corrected chi connectivity index (χ0v) is 8.69. The highest BCUT2D eigenvalue weighted by Gasteiger charge is 2.00. The highest BCUT2D eigenvalue weighted by molar-refractivity contribution is 5.84. The van der Waals surface area contributed by atoms with Crippen LogP contribution >= 0.6 is 0 Å². The van der Waals surface area contributed by atoms with Crippen molar-refractivity contribution in [3.8, 4) is 12.1 Å². The Balaban J connectivity index is 3.00. The quantitative estimate of drug-likeness (QED) is 0.613. The van der Waals surface area contributed by atoms with Crippen LogP contribution in [0, 0.1) is 29.6 Å². The van der Waals surface area contributed by atoms with Gasteiger partial charge in [0.2, 0.25) is 0 Å². The second-order valence-electron chi connectivity index (χ2n) is 3.13. The number of benzene rings is 1. The summed E-state index contributed by atoms with van der Waals surface area (Å²) < 4.78 is 0. The summed E-state index contributed by atoms with van der Waals surface area (Å²) in [7, 11) is 0. The van der Waals surface area contributed by atoms with E-state index in [1.54, 1.807) is 24.3 Å². The average Bonchev–Trinajstić information content (AvgIpc) is 2.31. The Labute approximate surface area is 93.4 Å². The van der Waals surface area contributed by atoms with Crippen molar-refractivity contribution < 1.29 is 4.79 Å². The lowest BCUT2D eigenvalue weighted by Gasteiger charge is -2.04. The van der Waals surface area contributed by atoms with E-state index >= 15 is 0 Å². The van der Waals surface area contributed by atoms with Crippen LogP contribution in [-0.4, -0.2) is 6.29 Å². The monoisotopic (exact) mass is 211 g/mol. The van der Waals surface area contributed by atoms with Crippen molar-refractivity contribution in [3.05, 3.63) is 41.1 Å². The molecule has 0 atom stereocenters. The number of allylic oxidation sites excluding steroid dienone is 1. The normalized spacial score (nSPS) is 8.44. The lowest BCUT2D eigenvalue weighted by atomic mass is 10.1. The number of rotatable bonds is 3. The molecule has 0 aliphatic carbocycles. The van der Waals surface area contributed by atoms with Crippen molar-refractivity contribution in [2.24, 2.45) is 0 Å². The van der Waals surface area contributed by atoms with Gasteiger partial charge in [0.15, 0.2) is 6.29 Å². The summed E-state index contributed by atoms with van der Waals surface area (Å²) in [6.45, 7) is 1.88. The second-order valence-corrected chi connectivity index (χ2v) is 3.13. The number of aryl methyl sites for hydroxylation is 1. The predicted molar refractivity (Wildman–Crippen MR) is 59.5 cm³/mol. The molecule has 0 saturated carbocycles. The molecule has 0 aromatic heterocycles. The van der Waals surface area contributed by atoms with Gasteiger partial charge >= 0.3 is 0 Å². The van der Waals surface area contributed by atoms with Gasteiger partial charge in [-0.15, -0.1) is 0 Å². The molecule has 0 radical (unpaired) electrons. The average molecular weight is 211 g/mol. The van der Waals surface area contributed by atoms with E-state index < -0.39 is 0 Å². The van der Waals surface area contributed by atoms with Gasteiger partial charge < -0.3 is 5.32 Å². The minimum Gasteiger partial charge on any atom is -0.359 e. The number of carbonyl (C=O) groups excluding carboxylic acids is 1. The summed E-state index contributed by atoms with van der Waals surface area (Å²) in [5.74, 6) is 0. The first-order valence-electron chi connectivity index (χ1n) is 4.54. The maximum absolute atomic E-state index is 10.8. The minimum absolute atomic E-state index is 0.0441. The summed E-state index contributed by atoms with van der Waals surface area (Å²) >= 11 is 0. The first kappa shape index (κ1) is 11.5. The molecule has 16 heavy (non-hydrogen) atoms. The van der Waals surface area contributed by atoms with Gasteiger partial charge in [-0.3, -0.25) is 4.79 Å². The van der Waals surface area contributed by atoms with E-state index in [9.17, 15) is 4.79 Å². The smallest absolute Gasteiger partial charge is 0.152 e. The summed E-state index contributed by atoms with van der Waals surface area (Å²) in [6.07, 6.45) is 2.00. The van der Waals surface area contributed by atoms with Gasteiger partial charge in [0.05, 0.1) is 0 Å². The Hall–Kier alpha value is -2.59. The van der Waals surface area contributed by atoms with Crippen LogP contribution in [-0.2, 0) is 0 Å². The zero-order chi connectivity index (χ0) is 12.0. The van der Waals surface area contributed by atoms with Crippen molar-refractivity contribution in [1.82, 2.24) is 0 Å². The number of hydrogen-bond donors (Lipinski definition) is 1. The highest BCUT2D eigenvalue weighted by atomic mass is 16.1. The van der Waals surface area contributed by atoms with E-state index in [4.69, 9.17) is 10.5 Å². The van der Waals surface area contributed by atoms with Crippen molar-refractivity contribution in [1.29, 1.82) is 10.5 Å². The van der Waals surface area contributed by atoms with Gasteiger partial charge in [0, 0.05) is 17.5 Å². The highest BCUT2D eigenvalue weighted by Crippen LogP contribution is 2.15. The third-order valence-electron chi connectivity index (χ3n) is 1.95. The molecule has 1 aromatic rings. The van der Waals surface area contributed by atoms with E-state index in [1.807, 2.05) is 13.0 Å². The molecular weight excluding hydrogens is 202 g/mol. The molecule has 0 aliphatic rings. The van der Waals surface area contributed by atoms with Gasteiger partial charge in [0.1, 0.15) is 17.7 Å². The molecule has 0 saturated heterocycles. The third kappa shape index (κ3) is 2.70. The topological polar surface area (TPSA) is 76.7 Å². The van der Waals surface area contributed by atoms with Gasteiger partial charge in [-0.05, 0) is 19.1 Å². The molecule has 0 amide bonds. The van der Waals surface area contributed by atoms with Gasteiger partial charge in [-0.1, -0.05) is 11.6 Å². The maximum atomic E-state index is 10.8. The molecule has 4 nitrogen and oxygen atoms in total. The predicted octanol–water partition coefficient (Wildman–Crippen LogP) is 2.15. The molecule has 1 aromatic carbocycles. The Kier molecular flexibility index (Phi) is 3.83. The van der Waals surface area contributed by atoms with E-state index in [1.165, 1.54) is 6.20 Å². The molecule has 0 fully saturated rings. The van der Waals surface area contributed by atoms with E-state index in [-0.39, 0.29) is 5.57 Å². The van der Waals surface area contributed by atoms with Crippen molar-refractivity contribution in [2.75, 3.05) is 5.32 Å². The van der Waals surface area contributed by atoms with Gasteiger partial charge in [-0.2, -0.15) is 10.5 Å². The standard InChI is InChI=1S/C12H9N3O/c1-9-2-3-12(11(4-9)8-16)15-7-10(5-13)6-14/h2-4,7-8,15H,1H3. The van der Waals surface area contributed by atoms with Crippen molar-refractivity contribution in [2.45, 2.75) is 6.92 Å². The Morgan fingerprint density at radius 3 is 2.62 bits per heavy atom. The second kappa shape index (κ2) is 5.33. The molecule has 4 heteroatoms. The number of carbonyl (C=O) groups is 1. The van der Waals surface area contributed by atoms with Crippen LogP contribution in [0.1, 0.15) is 15.9 Å². The Morgan fingerprint density at radius 1 is 1.38 bits per heavy atom. The third-order valence-corrected chi connectivity index (χ3v) is 1.95. The zero-order valence-electron chi connectivity index (χ0n) is 8.69. The molecule has 1 N–H and O–H groups in total. The van der Waals surface area contributed by atoms with Crippen LogP contribution in [0.15, 0.2) is 30.0 Å². The Morgan fingerprint density at radius 2 is 2.06 bits per heavy atom. The number of nitriles is 2. The summed E-state index contributed by atoms with van der Waals surface area (Å²) in [5, 5.41) is 19.8.